The van der Waals surface area contributed by atoms with E-state index < -0.39 is 0 Å². The fourth-order valence-electron chi connectivity index (χ4n) is 1.40. The number of nitrogens with zero attached hydrogens (tertiary/aromatic N) is 2. The predicted octanol–water partition coefficient (Wildman–Crippen LogP) is 2.20. The first-order chi connectivity index (χ1) is 6.15. The molecule has 3 nitrogen and oxygen atoms in total. The van der Waals surface area contributed by atoms with E-state index in [2.05, 4.69) is 25.9 Å². The molecule has 1 aromatic heterocycles. The molecule has 3 heteroatoms. The van der Waals surface area contributed by atoms with Crippen LogP contribution in [0.2, 0.25) is 0 Å². The summed E-state index contributed by atoms with van der Waals surface area (Å²) in [6.07, 6.45) is 3.48. The number of aromatic hydroxyl groups is 1. The largest absolute Gasteiger partial charge is 0.504 e. The van der Waals surface area contributed by atoms with Crippen LogP contribution in [0.5, 0.6) is 5.75 Å². The lowest BCUT2D eigenvalue weighted by Crippen LogP contribution is -2.09. The fourth-order valence-corrected chi connectivity index (χ4v) is 1.40. The van der Waals surface area contributed by atoms with Gasteiger partial charge in [0.25, 0.3) is 0 Å². The van der Waals surface area contributed by atoms with Crippen molar-refractivity contribution < 1.29 is 5.11 Å². The third kappa shape index (κ3) is 2.47. The van der Waals surface area contributed by atoms with Gasteiger partial charge in [-0.1, -0.05) is 27.2 Å². The molecule has 0 aliphatic rings. The molecule has 0 saturated carbocycles. The standard InChI is InChI=1S/C10H18N2O/c1-4-5-9-10(13)6-11-12(9)7-8(2)3/h6,8,13H,4-5,7H2,1-3H3. The molecule has 1 aromatic rings. The van der Waals surface area contributed by atoms with Gasteiger partial charge in [-0.05, 0) is 12.3 Å². The molecule has 0 aliphatic heterocycles. The first kappa shape index (κ1) is 10.1. The van der Waals surface area contributed by atoms with Crippen molar-refractivity contribution in [3.8, 4) is 5.75 Å². The molecule has 1 rings (SSSR count). The van der Waals surface area contributed by atoms with Crippen molar-refractivity contribution in [2.45, 2.75) is 40.2 Å². The van der Waals surface area contributed by atoms with Crippen molar-refractivity contribution in [1.29, 1.82) is 0 Å². The van der Waals surface area contributed by atoms with E-state index in [1.165, 1.54) is 6.20 Å². The summed E-state index contributed by atoms with van der Waals surface area (Å²) < 4.78 is 1.91. The molecule has 0 amide bonds. The maximum absolute atomic E-state index is 9.49. The van der Waals surface area contributed by atoms with Gasteiger partial charge >= 0.3 is 0 Å². The molecule has 0 unspecified atom stereocenters. The number of aromatic nitrogens is 2. The van der Waals surface area contributed by atoms with E-state index in [1.807, 2.05) is 4.68 Å². The Labute approximate surface area is 79.4 Å². The molecular formula is C10H18N2O. The van der Waals surface area contributed by atoms with Crippen LogP contribution in [0.3, 0.4) is 0 Å². The summed E-state index contributed by atoms with van der Waals surface area (Å²) in [5.74, 6) is 0.900. The minimum absolute atomic E-state index is 0.336. The second-order valence-electron chi connectivity index (χ2n) is 3.80. The zero-order chi connectivity index (χ0) is 9.84. The van der Waals surface area contributed by atoms with Gasteiger partial charge in [-0.25, -0.2) is 0 Å². The van der Waals surface area contributed by atoms with Crippen LogP contribution in [0.25, 0.3) is 0 Å². The lowest BCUT2D eigenvalue weighted by atomic mass is 10.2. The number of hydrogen-bond acceptors (Lipinski definition) is 2. The van der Waals surface area contributed by atoms with Crippen molar-refractivity contribution in [1.82, 2.24) is 9.78 Å². The minimum atomic E-state index is 0.336. The monoisotopic (exact) mass is 182 g/mol. The molecule has 0 aliphatic carbocycles. The normalized spacial score (nSPS) is 11.1. The molecular weight excluding hydrogens is 164 g/mol. The van der Waals surface area contributed by atoms with Gasteiger partial charge in [-0.2, -0.15) is 5.10 Å². The maximum Gasteiger partial charge on any atom is 0.156 e. The number of rotatable bonds is 4. The van der Waals surface area contributed by atoms with Crippen LogP contribution in [-0.4, -0.2) is 14.9 Å². The highest BCUT2D eigenvalue weighted by atomic mass is 16.3. The van der Waals surface area contributed by atoms with E-state index in [-0.39, 0.29) is 0 Å². The topological polar surface area (TPSA) is 38.1 Å². The van der Waals surface area contributed by atoms with E-state index >= 15 is 0 Å². The molecule has 0 bridgehead atoms. The second-order valence-corrected chi connectivity index (χ2v) is 3.80. The van der Waals surface area contributed by atoms with Gasteiger partial charge < -0.3 is 5.11 Å². The zero-order valence-corrected chi connectivity index (χ0v) is 8.62. The SMILES string of the molecule is CCCc1c(O)cnn1CC(C)C. The highest BCUT2D eigenvalue weighted by Crippen LogP contribution is 2.18. The molecule has 0 aromatic carbocycles. The summed E-state index contributed by atoms with van der Waals surface area (Å²) in [6, 6.07) is 0. The van der Waals surface area contributed by atoms with Crippen LogP contribution < -0.4 is 0 Å². The Morgan fingerprint density at radius 1 is 1.54 bits per heavy atom. The molecule has 74 valence electrons. The van der Waals surface area contributed by atoms with E-state index in [9.17, 15) is 5.11 Å². The van der Waals surface area contributed by atoms with Gasteiger partial charge in [-0.3, -0.25) is 4.68 Å². The van der Waals surface area contributed by atoms with Crippen LogP contribution in [0.1, 0.15) is 32.9 Å². The van der Waals surface area contributed by atoms with Crippen LogP contribution in [0.4, 0.5) is 0 Å². The van der Waals surface area contributed by atoms with Gasteiger partial charge in [0.05, 0.1) is 11.9 Å². The molecule has 0 fully saturated rings. The van der Waals surface area contributed by atoms with E-state index in [0.29, 0.717) is 11.7 Å². The minimum Gasteiger partial charge on any atom is -0.504 e. The van der Waals surface area contributed by atoms with Crippen LogP contribution in [0.15, 0.2) is 6.20 Å². The Hall–Kier alpha value is -0.990. The Kier molecular flexibility index (Phi) is 3.34. The van der Waals surface area contributed by atoms with Gasteiger partial charge in [0, 0.05) is 6.54 Å². The van der Waals surface area contributed by atoms with E-state index in [1.54, 1.807) is 0 Å². The highest BCUT2D eigenvalue weighted by molar-refractivity contribution is 5.23. The Balaban J connectivity index is 2.80. The molecule has 13 heavy (non-hydrogen) atoms. The van der Waals surface area contributed by atoms with Crippen molar-refractivity contribution in [3.63, 3.8) is 0 Å². The predicted molar refractivity (Wildman–Crippen MR) is 52.7 cm³/mol. The molecule has 0 saturated heterocycles. The van der Waals surface area contributed by atoms with Gasteiger partial charge in [0.1, 0.15) is 0 Å². The van der Waals surface area contributed by atoms with Gasteiger partial charge in [0.2, 0.25) is 0 Å². The van der Waals surface area contributed by atoms with Crippen LogP contribution in [0, 0.1) is 5.92 Å². The first-order valence-electron chi connectivity index (χ1n) is 4.88. The summed E-state index contributed by atoms with van der Waals surface area (Å²) in [5.41, 5.74) is 0.969. The van der Waals surface area contributed by atoms with Crippen molar-refractivity contribution >= 4 is 0 Å². The average Bonchev–Trinajstić information content (AvgIpc) is 2.35. The smallest absolute Gasteiger partial charge is 0.156 e. The van der Waals surface area contributed by atoms with Crippen molar-refractivity contribution in [3.05, 3.63) is 11.9 Å². The van der Waals surface area contributed by atoms with Crippen LogP contribution >= 0.6 is 0 Å². The second kappa shape index (κ2) is 4.30. The molecule has 0 radical (unpaired) electrons. The average molecular weight is 182 g/mol. The molecule has 1 heterocycles. The maximum atomic E-state index is 9.49. The summed E-state index contributed by atoms with van der Waals surface area (Å²) in [6.45, 7) is 7.28. The highest BCUT2D eigenvalue weighted by Gasteiger charge is 2.09. The molecule has 1 N–H and O–H groups in total. The lowest BCUT2D eigenvalue weighted by Gasteiger charge is -2.08. The van der Waals surface area contributed by atoms with Crippen molar-refractivity contribution in [2.24, 2.45) is 5.92 Å². The third-order valence-corrected chi connectivity index (χ3v) is 1.95. The first-order valence-corrected chi connectivity index (χ1v) is 4.88. The summed E-state index contributed by atoms with van der Waals surface area (Å²) >= 11 is 0. The lowest BCUT2D eigenvalue weighted by molar-refractivity contribution is 0.443. The summed E-state index contributed by atoms with van der Waals surface area (Å²) in [4.78, 5) is 0. The Bertz CT molecular complexity index is 266. The van der Waals surface area contributed by atoms with Gasteiger partial charge in [-0.15, -0.1) is 0 Å². The summed E-state index contributed by atoms with van der Waals surface area (Å²) in [7, 11) is 0. The van der Waals surface area contributed by atoms with Crippen LogP contribution in [-0.2, 0) is 13.0 Å². The fraction of sp³-hybridized carbons (Fsp3) is 0.700. The Morgan fingerprint density at radius 2 is 2.23 bits per heavy atom. The van der Waals surface area contributed by atoms with Gasteiger partial charge in [0.15, 0.2) is 5.75 Å². The molecule has 0 atom stereocenters. The quantitative estimate of drug-likeness (QED) is 0.775. The summed E-state index contributed by atoms with van der Waals surface area (Å²) in [5, 5.41) is 13.6. The zero-order valence-electron chi connectivity index (χ0n) is 8.62. The third-order valence-electron chi connectivity index (χ3n) is 1.95. The van der Waals surface area contributed by atoms with Crippen molar-refractivity contribution in [2.75, 3.05) is 0 Å². The molecule has 0 spiro atoms. The van der Waals surface area contributed by atoms with E-state index in [4.69, 9.17) is 0 Å². The number of hydrogen-bond donors (Lipinski definition) is 1. The Morgan fingerprint density at radius 3 is 2.77 bits per heavy atom. The van der Waals surface area contributed by atoms with E-state index in [0.717, 1.165) is 25.1 Å².